The van der Waals surface area contributed by atoms with Crippen molar-refractivity contribution < 1.29 is 9.47 Å². The van der Waals surface area contributed by atoms with Crippen molar-refractivity contribution in [1.82, 2.24) is 0 Å². The number of hydrogen-bond donors (Lipinski definition) is 0. The third-order valence-corrected chi connectivity index (χ3v) is 2.27. The number of ether oxygens (including phenoxy) is 2. The quantitative estimate of drug-likeness (QED) is 0.707. The third kappa shape index (κ3) is 1.70. The summed E-state index contributed by atoms with van der Waals surface area (Å²) in [5.41, 5.74) is 0.861. The largest absolute Gasteiger partial charge is 0.457 e. The molecular formula is C11H11ClO2. The zero-order valence-corrected chi connectivity index (χ0v) is 8.84. The van der Waals surface area contributed by atoms with E-state index in [1.54, 1.807) is 6.26 Å². The average Bonchev–Trinajstić information content (AvgIpc) is 2.47. The first-order valence-corrected chi connectivity index (χ1v) is 4.78. The lowest BCUT2D eigenvalue weighted by Gasteiger charge is -2.18. The van der Waals surface area contributed by atoms with E-state index >= 15 is 0 Å². The Bertz CT molecular complexity index is 383. The van der Waals surface area contributed by atoms with Gasteiger partial charge in [0.1, 0.15) is 6.26 Å². The van der Waals surface area contributed by atoms with Gasteiger partial charge in [0.15, 0.2) is 5.76 Å². The molecule has 1 aromatic carbocycles. The lowest BCUT2D eigenvalue weighted by molar-refractivity contribution is -0.102. The van der Waals surface area contributed by atoms with Crippen LogP contribution in [-0.2, 0) is 9.47 Å². The number of hydrogen-bond acceptors (Lipinski definition) is 2. The van der Waals surface area contributed by atoms with E-state index in [0.29, 0.717) is 10.8 Å². The predicted octanol–water partition coefficient (Wildman–Crippen LogP) is 3.42. The molecule has 14 heavy (non-hydrogen) atoms. The van der Waals surface area contributed by atoms with Crippen molar-refractivity contribution >= 4 is 17.4 Å². The van der Waals surface area contributed by atoms with E-state index in [1.165, 1.54) is 0 Å². The number of rotatable bonds is 1. The van der Waals surface area contributed by atoms with Crippen LogP contribution in [0.2, 0.25) is 5.02 Å². The minimum Gasteiger partial charge on any atom is -0.457 e. The lowest BCUT2D eigenvalue weighted by Crippen LogP contribution is -2.19. The van der Waals surface area contributed by atoms with Gasteiger partial charge in [-0.05, 0) is 12.1 Å². The zero-order chi connectivity index (χ0) is 10.2. The van der Waals surface area contributed by atoms with Crippen molar-refractivity contribution in [2.24, 2.45) is 0 Å². The highest BCUT2D eigenvalue weighted by Gasteiger charge is 2.28. The molecule has 1 heterocycles. The van der Waals surface area contributed by atoms with Crippen LogP contribution >= 0.6 is 11.6 Å². The molecule has 0 N–H and O–H groups in total. The van der Waals surface area contributed by atoms with Gasteiger partial charge in [-0.2, -0.15) is 0 Å². The molecule has 0 fully saturated rings. The molecule has 0 spiro atoms. The molecule has 0 aliphatic carbocycles. The van der Waals surface area contributed by atoms with E-state index in [2.05, 4.69) is 0 Å². The van der Waals surface area contributed by atoms with Crippen LogP contribution in [0.15, 0.2) is 30.5 Å². The summed E-state index contributed by atoms with van der Waals surface area (Å²) >= 11 is 6.02. The minimum absolute atomic E-state index is 0.589. The third-order valence-electron chi connectivity index (χ3n) is 1.94. The molecule has 3 heteroatoms. The van der Waals surface area contributed by atoms with Gasteiger partial charge in [0, 0.05) is 19.4 Å². The van der Waals surface area contributed by atoms with E-state index in [1.807, 2.05) is 38.1 Å². The molecule has 0 aromatic heterocycles. The molecule has 74 valence electrons. The van der Waals surface area contributed by atoms with Crippen LogP contribution in [0.5, 0.6) is 0 Å². The maximum atomic E-state index is 6.02. The second kappa shape index (κ2) is 3.21. The van der Waals surface area contributed by atoms with Crippen molar-refractivity contribution in [3.8, 4) is 0 Å². The molecule has 1 aliphatic rings. The summed E-state index contributed by atoms with van der Waals surface area (Å²) in [7, 11) is 0. The predicted molar refractivity (Wildman–Crippen MR) is 55.7 cm³/mol. The van der Waals surface area contributed by atoms with Crippen molar-refractivity contribution in [2.75, 3.05) is 0 Å². The smallest absolute Gasteiger partial charge is 0.245 e. The van der Waals surface area contributed by atoms with Crippen LogP contribution < -0.4 is 0 Å². The van der Waals surface area contributed by atoms with Crippen LogP contribution in [0.1, 0.15) is 19.4 Å². The van der Waals surface area contributed by atoms with Crippen LogP contribution in [0.4, 0.5) is 0 Å². The monoisotopic (exact) mass is 210 g/mol. The summed E-state index contributed by atoms with van der Waals surface area (Å²) in [4.78, 5) is 0. The van der Waals surface area contributed by atoms with E-state index < -0.39 is 5.79 Å². The summed E-state index contributed by atoms with van der Waals surface area (Å²) in [5.74, 6) is 0.0923. The molecule has 2 nitrogen and oxygen atoms in total. The van der Waals surface area contributed by atoms with Gasteiger partial charge in [0.2, 0.25) is 5.79 Å². The molecule has 1 aliphatic heterocycles. The topological polar surface area (TPSA) is 18.5 Å². The molecule has 0 saturated heterocycles. The fourth-order valence-corrected chi connectivity index (χ4v) is 1.52. The molecule has 0 atom stereocenters. The second-order valence-electron chi connectivity index (χ2n) is 3.58. The molecule has 0 unspecified atom stereocenters. The molecule has 0 bridgehead atoms. The highest BCUT2D eigenvalue weighted by Crippen LogP contribution is 2.33. The van der Waals surface area contributed by atoms with Gasteiger partial charge in [-0.1, -0.05) is 23.7 Å². The normalized spacial score (nSPS) is 18.4. The lowest BCUT2D eigenvalue weighted by atomic mass is 10.2. The maximum Gasteiger partial charge on any atom is 0.245 e. The van der Waals surface area contributed by atoms with Crippen molar-refractivity contribution in [2.45, 2.75) is 19.6 Å². The molecule has 2 rings (SSSR count). The SMILES string of the molecule is CC1(C)OC=C(c2ccccc2Cl)O1. The Labute approximate surface area is 88.1 Å². The van der Waals surface area contributed by atoms with Gasteiger partial charge in [-0.25, -0.2) is 0 Å². The van der Waals surface area contributed by atoms with E-state index in [0.717, 1.165) is 5.56 Å². The first kappa shape index (κ1) is 9.41. The zero-order valence-electron chi connectivity index (χ0n) is 8.08. The van der Waals surface area contributed by atoms with Crippen molar-refractivity contribution in [1.29, 1.82) is 0 Å². The van der Waals surface area contributed by atoms with Crippen molar-refractivity contribution in [3.05, 3.63) is 41.1 Å². The molecule has 0 saturated carbocycles. The summed E-state index contributed by atoms with van der Waals surface area (Å²) in [6, 6.07) is 7.52. The summed E-state index contributed by atoms with van der Waals surface area (Å²) in [6.45, 7) is 3.71. The van der Waals surface area contributed by atoms with E-state index in [4.69, 9.17) is 21.1 Å². The molecule has 0 radical (unpaired) electrons. The Balaban J connectivity index is 2.30. The fourth-order valence-electron chi connectivity index (χ4n) is 1.29. The Hall–Kier alpha value is -1.15. The molecule has 1 aromatic rings. The first-order valence-electron chi connectivity index (χ1n) is 4.40. The summed E-state index contributed by atoms with van der Waals surface area (Å²) in [5, 5.41) is 0.667. The summed E-state index contributed by atoms with van der Waals surface area (Å²) in [6.07, 6.45) is 1.60. The first-order chi connectivity index (χ1) is 6.58. The fraction of sp³-hybridized carbons (Fsp3) is 0.273. The Morgan fingerprint density at radius 3 is 2.50 bits per heavy atom. The van der Waals surface area contributed by atoms with Crippen LogP contribution in [0.3, 0.4) is 0 Å². The van der Waals surface area contributed by atoms with E-state index in [9.17, 15) is 0 Å². The van der Waals surface area contributed by atoms with Crippen LogP contribution in [0.25, 0.3) is 5.76 Å². The van der Waals surface area contributed by atoms with Gasteiger partial charge < -0.3 is 9.47 Å². The van der Waals surface area contributed by atoms with Gasteiger partial charge >= 0.3 is 0 Å². The number of benzene rings is 1. The van der Waals surface area contributed by atoms with Gasteiger partial charge in [-0.15, -0.1) is 0 Å². The number of halogens is 1. The Morgan fingerprint density at radius 1 is 1.21 bits per heavy atom. The highest BCUT2D eigenvalue weighted by atomic mass is 35.5. The summed E-state index contributed by atoms with van der Waals surface area (Å²) < 4.78 is 10.9. The molecule has 0 amide bonds. The minimum atomic E-state index is -0.589. The standard InChI is InChI=1S/C11H11ClO2/c1-11(2)13-7-10(14-11)8-5-3-4-6-9(8)12/h3-7H,1-2H3. The molecular weight excluding hydrogens is 200 g/mol. The average molecular weight is 211 g/mol. The highest BCUT2D eigenvalue weighted by molar-refractivity contribution is 6.32. The van der Waals surface area contributed by atoms with Crippen molar-refractivity contribution in [3.63, 3.8) is 0 Å². The van der Waals surface area contributed by atoms with Gasteiger partial charge in [-0.3, -0.25) is 0 Å². The van der Waals surface area contributed by atoms with E-state index in [-0.39, 0.29) is 0 Å². The van der Waals surface area contributed by atoms with Gasteiger partial charge in [0.25, 0.3) is 0 Å². The van der Waals surface area contributed by atoms with Gasteiger partial charge in [0.05, 0.1) is 5.02 Å². The maximum absolute atomic E-state index is 6.02. The Kier molecular flexibility index (Phi) is 2.16. The second-order valence-corrected chi connectivity index (χ2v) is 3.99. The van der Waals surface area contributed by atoms with Crippen LogP contribution in [0, 0.1) is 0 Å². The Morgan fingerprint density at radius 2 is 1.93 bits per heavy atom. The van der Waals surface area contributed by atoms with Crippen LogP contribution in [-0.4, -0.2) is 5.79 Å².